The zero-order chi connectivity index (χ0) is 10.3. The lowest BCUT2D eigenvalue weighted by Crippen LogP contribution is -1.94. The number of hydrogen-bond donors (Lipinski definition) is 1. The van der Waals surface area contributed by atoms with Crippen LogP contribution in [0.4, 0.5) is 5.69 Å². The second-order valence-corrected chi connectivity index (χ2v) is 4.29. The van der Waals surface area contributed by atoms with Crippen molar-refractivity contribution in [2.45, 2.75) is 6.92 Å². The molecule has 0 bridgehead atoms. The van der Waals surface area contributed by atoms with Crippen molar-refractivity contribution in [3.63, 3.8) is 0 Å². The van der Waals surface area contributed by atoms with E-state index in [1.807, 2.05) is 25.1 Å². The average Bonchev–Trinajstić information content (AvgIpc) is 2.17. The number of benzene rings is 1. The SMILES string of the molecule is Cc1nc2c(Br)cccc2c(N)c1Cl. The summed E-state index contributed by atoms with van der Waals surface area (Å²) in [5.74, 6) is 0. The number of nitrogen functional groups attached to an aromatic ring is 1. The van der Waals surface area contributed by atoms with Gasteiger partial charge in [0.05, 0.1) is 21.9 Å². The molecular formula is C10H8BrClN2. The summed E-state index contributed by atoms with van der Waals surface area (Å²) in [7, 11) is 0. The Hall–Kier alpha value is -0.800. The summed E-state index contributed by atoms with van der Waals surface area (Å²) in [6, 6.07) is 5.76. The van der Waals surface area contributed by atoms with Crippen molar-refractivity contribution >= 4 is 44.1 Å². The quantitative estimate of drug-likeness (QED) is 0.796. The Kier molecular flexibility index (Phi) is 2.37. The van der Waals surface area contributed by atoms with Gasteiger partial charge in [-0.3, -0.25) is 4.98 Å². The van der Waals surface area contributed by atoms with Crippen LogP contribution in [0.1, 0.15) is 5.69 Å². The van der Waals surface area contributed by atoms with E-state index in [1.165, 1.54) is 0 Å². The Bertz CT molecular complexity index is 511. The van der Waals surface area contributed by atoms with E-state index in [4.69, 9.17) is 17.3 Å². The first-order valence-electron chi connectivity index (χ1n) is 4.11. The molecule has 0 aliphatic rings. The van der Waals surface area contributed by atoms with Gasteiger partial charge in [-0.1, -0.05) is 23.7 Å². The van der Waals surface area contributed by atoms with E-state index in [1.54, 1.807) is 0 Å². The van der Waals surface area contributed by atoms with Gasteiger partial charge in [-0.25, -0.2) is 0 Å². The number of nitrogens with zero attached hydrogens (tertiary/aromatic N) is 1. The second-order valence-electron chi connectivity index (χ2n) is 3.06. The van der Waals surface area contributed by atoms with Crippen molar-refractivity contribution in [1.29, 1.82) is 0 Å². The first kappa shape index (κ1) is 9.74. The number of aromatic nitrogens is 1. The molecule has 0 aliphatic heterocycles. The minimum atomic E-state index is 0.538. The van der Waals surface area contributed by atoms with Crippen LogP contribution in [0, 0.1) is 6.92 Å². The number of anilines is 1. The largest absolute Gasteiger partial charge is 0.397 e. The van der Waals surface area contributed by atoms with Crippen molar-refractivity contribution in [3.8, 4) is 0 Å². The summed E-state index contributed by atoms with van der Waals surface area (Å²) < 4.78 is 0.932. The molecule has 4 heteroatoms. The Morgan fingerprint density at radius 1 is 1.43 bits per heavy atom. The van der Waals surface area contributed by atoms with Crippen LogP contribution in [-0.4, -0.2) is 4.98 Å². The van der Waals surface area contributed by atoms with Crippen LogP contribution < -0.4 is 5.73 Å². The van der Waals surface area contributed by atoms with Crippen molar-refractivity contribution in [2.24, 2.45) is 0 Å². The molecule has 2 nitrogen and oxygen atoms in total. The van der Waals surface area contributed by atoms with Gasteiger partial charge in [-0.15, -0.1) is 0 Å². The highest BCUT2D eigenvalue weighted by atomic mass is 79.9. The Morgan fingerprint density at radius 3 is 2.86 bits per heavy atom. The van der Waals surface area contributed by atoms with Gasteiger partial charge in [0, 0.05) is 9.86 Å². The van der Waals surface area contributed by atoms with E-state index in [-0.39, 0.29) is 0 Å². The minimum absolute atomic E-state index is 0.538. The Morgan fingerprint density at radius 2 is 2.14 bits per heavy atom. The van der Waals surface area contributed by atoms with Crippen LogP contribution in [-0.2, 0) is 0 Å². The lowest BCUT2D eigenvalue weighted by molar-refractivity contribution is 1.25. The summed E-state index contributed by atoms with van der Waals surface area (Å²) in [5, 5.41) is 1.42. The second kappa shape index (κ2) is 3.41. The highest BCUT2D eigenvalue weighted by Gasteiger charge is 2.09. The molecule has 0 saturated heterocycles. The van der Waals surface area contributed by atoms with E-state index >= 15 is 0 Å². The molecule has 1 aromatic carbocycles. The first-order valence-corrected chi connectivity index (χ1v) is 5.28. The van der Waals surface area contributed by atoms with Crippen molar-refractivity contribution in [3.05, 3.63) is 33.4 Å². The average molecular weight is 272 g/mol. The third-order valence-electron chi connectivity index (χ3n) is 2.11. The number of hydrogen-bond acceptors (Lipinski definition) is 2. The van der Waals surface area contributed by atoms with Crippen LogP contribution in [0.15, 0.2) is 22.7 Å². The van der Waals surface area contributed by atoms with E-state index < -0.39 is 0 Å². The van der Waals surface area contributed by atoms with Gasteiger partial charge >= 0.3 is 0 Å². The van der Waals surface area contributed by atoms with Crippen LogP contribution in [0.5, 0.6) is 0 Å². The highest BCUT2D eigenvalue weighted by Crippen LogP contribution is 2.32. The maximum atomic E-state index is 6.01. The normalized spacial score (nSPS) is 10.8. The number of aryl methyl sites for hydroxylation is 1. The zero-order valence-corrected chi connectivity index (χ0v) is 9.85. The number of halogens is 2. The number of para-hydroxylation sites is 1. The molecular weight excluding hydrogens is 263 g/mol. The fraction of sp³-hybridized carbons (Fsp3) is 0.100. The molecule has 1 aromatic heterocycles. The molecule has 0 fully saturated rings. The lowest BCUT2D eigenvalue weighted by atomic mass is 10.1. The third-order valence-corrected chi connectivity index (χ3v) is 3.23. The third kappa shape index (κ3) is 1.37. The molecule has 2 rings (SSSR count). The first-order chi connectivity index (χ1) is 6.61. The number of pyridine rings is 1. The van der Waals surface area contributed by atoms with Crippen molar-refractivity contribution < 1.29 is 0 Å². The van der Waals surface area contributed by atoms with E-state index in [2.05, 4.69) is 20.9 Å². The maximum absolute atomic E-state index is 6.01. The number of fused-ring (bicyclic) bond motifs is 1. The predicted octanol–water partition coefficient (Wildman–Crippen LogP) is 3.54. The van der Waals surface area contributed by atoms with Gasteiger partial charge < -0.3 is 5.73 Å². The van der Waals surface area contributed by atoms with Crippen LogP contribution in [0.25, 0.3) is 10.9 Å². The summed E-state index contributed by atoms with van der Waals surface area (Å²) in [5.41, 5.74) is 8.10. The summed E-state index contributed by atoms with van der Waals surface area (Å²) in [4.78, 5) is 4.38. The van der Waals surface area contributed by atoms with Gasteiger partial charge in [-0.2, -0.15) is 0 Å². The molecule has 1 heterocycles. The molecule has 14 heavy (non-hydrogen) atoms. The highest BCUT2D eigenvalue weighted by molar-refractivity contribution is 9.10. The molecule has 0 atom stereocenters. The Labute approximate surface area is 95.2 Å². The summed E-state index contributed by atoms with van der Waals surface area (Å²) in [6.45, 7) is 1.84. The van der Waals surface area contributed by atoms with Crippen LogP contribution >= 0.6 is 27.5 Å². The number of rotatable bonds is 0. The zero-order valence-electron chi connectivity index (χ0n) is 7.51. The van der Waals surface area contributed by atoms with Crippen molar-refractivity contribution in [1.82, 2.24) is 4.98 Å². The van der Waals surface area contributed by atoms with E-state index in [9.17, 15) is 0 Å². The van der Waals surface area contributed by atoms with E-state index in [0.29, 0.717) is 10.7 Å². The lowest BCUT2D eigenvalue weighted by Gasteiger charge is -2.07. The topological polar surface area (TPSA) is 38.9 Å². The van der Waals surface area contributed by atoms with Crippen molar-refractivity contribution in [2.75, 3.05) is 5.73 Å². The molecule has 0 unspecified atom stereocenters. The fourth-order valence-electron chi connectivity index (χ4n) is 1.38. The predicted molar refractivity (Wildman–Crippen MR) is 63.6 cm³/mol. The molecule has 0 saturated carbocycles. The van der Waals surface area contributed by atoms with Gasteiger partial charge in [0.25, 0.3) is 0 Å². The Balaban J connectivity index is 2.98. The van der Waals surface area contributed by atoms with Gasteiger partial charge in [-0.05, 0) is 28.9 Å². The molecule has 0 aliphatic carbocycles. The molecule has 0 spiro atoms. The number of nitrogens with two attached hydrogens (primary N) is 1. The summed E-state index contributed by atoms with van der Waals surface area (Å²) >= 11 is 9.43. The van der Waals surface area contributed by atoms with Crippen LogP contribution in [0.3, 0.4) is 0 Å². The monoisotopic (exact) mass is 270 g/mol. The minimum Gasteiger partial charge on any atom is -0.397 e. The summed E-state index contributed by atoms with van der Waals surface area (Å²) in [6.07, 6.45) is 0. The molecule has 0 radical (unpaired) electrons. The van der Waals surface area contributed by atoms with E-state index in [0.717, 1.165) is 21.1 Å². The molecule has 72 valence electrons. The molecule has 2 N–H and O–H groups in total. The van der Waals surface area contributed by atoms with Crippen LogP contribution in [0.2, 0.25) is 5.02 Å². The van der Waals surface area contributed by atoms with Gasteiger partial charge in [0.1, 0.15) is 0 Å². The maximum Gasteiger partial charge on any atom is 0.0868 e. The smallest absolute Gasteiger partial charge is 0.0868 e. The van der Waals surface area contributed by atoms with Gasteiger partial charge in [0.15, 0.2) is 0 Å². The fourth-order valence-corrected chi connectivity index (χ4v) is 1.98. The standard InChI is InChI=1S/C10H8BrClN2/c1-5-8(12)9(13)6-3-2-4-7(11)10(6)14-5/h2-4H,1H3,(H2,13,14). The molecule has 0 amide bonds. The molecule has 2 aromatic rings. The van der Waals surface area contributed by atoms with Gasteiger partial charge in [0.2, 0.25) is 0 Å².